The summed E-state index contributed by atoms with van der Waals surface area (Å²) in [4.78, 5) is 4.54. The molecule has 3 heteroatoms. The van der Waals surface area contributed by atoms with E-state index in [-0.39, 0.29) is 0 Å². The lowest BCUT2D eigenvalue weighted by Crippen LogP contribution is -2.21. The molecule has 3 nitrogen and oxygen atoms in total. The zero-order chi connectivity index (χ0) is 12.5. The minimum atomic E-state index is 0.792. The van der Waals surface area contributed by atoms with Crippen molar-refractivity contribution in [3.63, 3.8) is 0 Å². The fourth-order valence-corrected chi connectivity index (χ4v) is 2.47. The maximum absolute atomic E-state index is 5.87. The van der Waals surface area contributed by atoms with Gasteiger partial charge in [0.05, 0.1) is 5.52 Å². The number of nitrogen functional groups attached to an aromatic ring is 1. The quantitative estimate of drug-likeness (QED) is 0.810. The summed E-state index contributed by atoms with van der Waals surface area (Å²) >= 11 is 0. The van der Waals surface area contributed by atoms with Gasteiger partial charge in [-0.05, 0) is 49.9 Å². The first-order chi connectivity index (χ1) is 8.72. The van der Waals surface area contributed by atoms with Gasteiger partial charge in [0, 0.05) is 29.0 Å². The van der Waals surface area contributed by atoms with Gasteiger partial charge in [-0.15, -0.1) is 0 Å². The smallest absolute Gasteiger partial charge is 0.0727 e. The largest absolute Gasteiger partial charge is 0.399 e. The number of rotatable bonds is 3. The van der Waals surface area contributed by atoms with Crippen molar-refractivity contribution in [2.75, 3.05) is 17.6 Å². The Bertz CT molecular complexity index is 573. The molecule has 1 aliphatic carbocycles. The molecule has 0 radical (unpaired) electrons. The number of hydrogen-bond acceptors (Lipinski definition) is 3. The second kappa shape index (κ2) is 4.48. The number of anilines is 2. The highest BCUT2D eigenvalue weighted by Crippen LogP contribution is 2.29. The first-order valence-electron chi connectivity index (χ1n) is 6.63. The second-order valence-electron chi connectivity index (χ2n) is 5.27. The molecular formula is C15H19N3. The average Bonchev–Trinajstić information content (AvgIpc) is 2.27. The maximum Gasteiger partial charge on any atom is 0.0727 e. The molecule has 0 bridgehead atoms. The van der Waals surface area contributed by atoms with Crippen molar-refractivity contribution >= 4 is 22.3 Å². The molecule has 1 aromatic heterocycles. The third kappa shape index (κ3) is 2.13. The van der Waals surface area contributed by atoms with Crippen molar-refractivity contribution in [2.45, 2.75) is 26.2 Å². The van der Waals surface area contributed by atoms with Crippen molar-refractivity contribution in [1.29, 1.82) is 0 Å². The molecule has 1 aromatic carbocycles. The summed E-state index contributed by atoms with van der Waals surface area (Å²) in [5.41, 5.74) is 9.88. The topological polar surface area (TPSA) is 50.9 Å². The second-order valence-corrected chi connectivity index (χ2v) is 5.27. The minimum absolute atomic E-state index is 0.792. The fraction of sp³-hybridized carbons (Fsp3) is 0.400. The van der Waals surface area contributed by atoms with E-state index >= 15 is 0 Å². The van der Waals surface area contributed by atoms with Crippen LogP contribution in [0.3, 0.4) is 0 Å². The van der Waals surface area contributed by atoms with Crippen LogP contribution >= 0.6 is 0 Å². The third-order valence-corrected chi connectivity index (χ3v) is 3.77. The lowest BCUT2D eigenvalue weighted by Gasteiger charge is -2.26. The van der Waals surface area contributed by atoms with Gasteiger partial charge in [0.2, 0.25) is 0 Å². The summed E-state index contributed by atoms with van der Waals surface area (Å²) in [6, 6.07) is 8.02. The average molecular weight is 241 g/mol. The van der Waals surface area contributed by atoms with Crippen LogP contribution < -0.4 is 11.1 Å². The Morgan fingerprint density at radius 2 is 2.17 bits per heavy atom. The summed E-state index contributed by atoms with van der Waals surface area (Å²) in [5.74, 6) is 0.842. The van der Waals surface area contributed by atoms with E-state index in [0.29, 0.717) is 0 Å². The normalized spacial score (nSPS) is 15.6. The van der Waals surface area contributed by atoms with Gasteiger partial charge in [0.15, 0.2) is 0 Å². The monoisotopic (exact) mass is 241 g/mol. The van der Waals surface area contributed by atoms with Gasteiger partial charge in [-0.2, -0.15) is 0 Å². The lowest BCUT2D eigenvalue weighted by atomic mass is 9.85. The summed E-state index contributed by atoms with van der Waals surface area (Å²) in [6.45, 7) is 3.09. The number of pyridine rings is 1. The first-order valence-corrected chi connectivity index (χ1v) is 6.63. The number of hydrogen-bond donors (Lipinski definition) is 2. The van der Waals surface area contributed by atoms with E-state index in [1.54, 1.807) is 0 Å². The van der Waals surface area contributed by atoms with Crippen LogP contribution in [0.5, 0.6) is 0 Å². The number of nitrogens with zero attached hydrogens (tertiary/aromatic N) is 1. The van der Waals surface area contributed by atoms with Crippen LogP contribution in [0, 0.1) is 12.8 Å². The van der Waals surface area contributed by atoms with E-state index in [0.717, 1.165) is 40.4 Å². The molecule has 0 amide bonds. The van der Waals surface area contributed by atoms with Gasteiger partial charge in [-0.1, -0.05) is 6.42 Å². The van der Waals surface area contributed by atoms with E-state index < -0.39 is 0 Å². The van der Waals surface area contributed by atoms with E-state index in [2.05, 4.69) is 16.4 Å². The van der Waals surface area contributed by atoms with Crippen molar-refractivity contribution in [3.05, 3.63) is 30.0 Å². The zero-order valence-corrected chi connectivity index (χ0v) is 10.7. The fourth-order valence-electron chi connectivity index (χ4n) is 2.47. The number of aromatic nitrogens is 1. The Labute approximate surface area is 107 Å². The van der Waals surface area contributed by atoms with Crippen LogP contribution in [0.15, 0.2) is 24.3 Å². The molecule has 0 saturated heterocycles. The molecule has 0 aliphatic heterocycles. The molecule has 1 fully saturated rings. The van der Waals surface area contributed by atoms with Gasteiger partial charge in [0.25, 0.3) is 0 Å². The molecule has 1 saturated carbocycles. The van der Waals surface area contributed by atoms with Crippen LogP contribution in [0.2, 0.25) is 0 Å². The van der Waals surface area contributed by atoms with Gasteiger partial charge in [0.1, 0.15) is 0 Å². The van der Waals surface area contributed by atoms with Crippen molar-refractivity contribution in [1.82, 2.24) is 4.98 Å². The minimum Gasteiger partial charge on any atom is -0.399 e. The number of nitrogens with two attached hydrogens (primary N) is 1. The van der Waals surface area contributed by atoms with Crippen LogP contribution in [-0.2, 0) is 0 Å². The standard InChI is InChI=1S/C15H19N3/c1-10-7-15(17-9-11-3-2-4-11)13-8-12(16)5-6-14(13)18-10/h5-8,11H,2-4,9,16H2,1H3,(H,17,18). The summed E-state index contributed by atoms with van der Waals surface area (Å²) in [5, 5.41) is 4.69. The zero-order valence-electron chi connectivity index (χ0n) is 10.7. The van der Waals surface area contributed by atoms with Gasteiger partial charge < -0.3 is 11.1 Å². The molecule has 2 aromatic rings. The lowest BCUT2D eigenvalue weighted by molar-refractivity contribution is 0.333. The molecule has 3 rings (SSSR count). The molecule has 0 spiro atoms. The summed E-state index contributed by atoms with van der Waals surface area (Å²) < 4.78 is 0. The van der Waals surface area contributed by atoms with E-state index in [1.807, 2.05) is 25.1 Å². The Morgan fingerprint density at radius 3 is 2.89 bits per heavy atom. The summed E-state index contributed by atoms with van der Waals surface area (Å²) in [7, 11) is 0. The van der Waals surface area contributed by atoms with Gasteiger partial charge in [-0.25, -0.2) is 0 Å². The molecule has 94 valence electrons. The highest BCUT2D eigenvalue weighted by molar-refractivity contribution is 5.93. The number of fused-ring (bicyclic) bond motifs is 1. The van der Waals surface area contributed by atoms with Crippen molar-refractivity contribution in [3.8, 4) is 0 Å². The van der Waals surface area contributed by atoms with E-state index in [4.69, 9.17) is 5.73 Å². The molecule has 1 heterocycles. The SMILES string of the molecule is Cc1cc(NCC2CCC2)c2cc(N)ccc2n1. The molecule has 0 atom stereocenters. The maximum atomic E-state index is 5.87. The Kier molecular flexibility index (Phi) is 2.82. The molecule has 1 aliphatic rings. The van der Waals surface area contributed by atoms with Crippen LogP contribution in [0.1, 0.15) is 25.0 Å². The highest BCUT2D eigenvalue weighted by atomic mass is 14.9. The Balaban J connectivity index is 1.94. The number of nitrogens with one attached hydrogen (secondary N) is 1. The van der Waals surface area contributed by atoms with Crippen LogP contribution in [0.4, 0.5) is 11.4 Å². The molecule has 3 N–H and O–H groups in total. The Morgan fingerprint density at radius 1 is 1.33 bits per heavy atom. The molecular weight excluding hydrogens is 222 g/mol. The van der Waals surface area contributed by atoms with Crippen molar-refractivity contribution < 1.29 is 0 Å². The third-order valence-electron chi connectivity index (χ3n) is 3.77. The van der Waals surface area contributed by atoms with Gasteiger partial charge >= 0.3 is 0 Å². The van der Waals surface area contributed by atoms with Crippen LogP contribution in [-0.4, -0.2) is 11.5 Å². The van der Waals surface area contributed by atoms with Gasteiger partial charge in [-0.3, -0.25) is 4.98 Å². The Hall–Kier alpha value is -1.77. The predicted octanol–water partition coefficient (Wildman–Crippen LogP) is 3.34. The molecule has 0 unspecified atom stereocenters. The van der Waals surface area contributed by atoms with Crippen LogP contribution in [0.25, 0.3) is 10.9 Å². The first kappa shape index (κ1) is 11.3. The number of benzene rings is 1. The highest BCUT2D eigenvalue weighted by Gasteiger charge is 2.17. The summed E-state index contributed by atoms with van der Waals surface area (Å²) in [6.07, 6.45) is 4.10. The van der Waals surface area contributed by atoms with Crippen molar-refractivity contribution in [2.24, 2.45) is 5.92 Å². The van der Waals surface area contributed by atoms with E-state index in [9.17, 15) is 0 Å². The van der Waals surface area contributed by atoms with E-state index in [1.165, 1.54) is 19.3 Å². The number of aryl methyl sites for hydroxylation is 1. The predicted molar refractivity (Wildman–Crippen MR) is 76.7 cm³/mol. The molecule has 18 heavy (non-hydrogen) atoms.